The number of aryl methyl sites for hydroxylation is 1. The van der Waals surface area contributed by atoms with Gasteiger partial charge in [-0.2, -0.15) is 0 Å². The predicted molar refractivity (Wildman–Crippen MR) is 123 cm³/mol. The van der Waals surface area contributed by atoms with Gasteiger partial charge in [0.05, 0.1) is 15.5 Å². The van der Waals surface area contributed by atoms with Crippen molar-refractivity contribution >= 4 is 49.8 Å². The van der Waals surface area contributed by atoms with E-state index in [1.165, 1.54) is 17.8 Å². The van der Waals surface area contributed by atoms with E-state index >= 15 is 0 Å². The number of aromatic hydroxyl groups is 1. The number of phenols is 1. The number of halogens is 1. The molecule has 0 spiro atoms. The maximum atomic E-state index is 13.1. The standard InChI is InChI=1S/C23H18ClNO3S2/c1-15-11-12-16(24)13-22(15)30(27,28)25-20-14-21(29-17-7-3-2-4-8-17)23(26)19-10-6-5-9-18(19)20/h2-14,25-26H,1H3. The van der Waals surface area contributed by atoms with E-state index in [2.05, 4.69) is 4.72 Å². The van der Waals surface area contributed by atoms with Crippen molar-refractivity contribution in [3.05, 3.63) is 89.4 Å². The summed E-state index contributed by atoms with van der Waals surface area (Å²) in [5, 5.41) is 12.3. The molecule has 0 saturated heterocycles. The van der Waals surface area contributed by atoms with Gasteiger partial charge in [0.2, 0.25) is 0 Å². The minimum absolute atomic E-state index is 0.112. The first-order valence-corrected chi connectivity index (χ1v) is 11.8. The van der Waals surface area contributed by atoms with Gasteiger partial charge >= 0.3 is 0 Å². The molecule has 152 valence electrons. The molecule has 4 rings (SSSR count). The lowest BCUT2D eigenvalue weighted by Crippen LogP contribution is -2.14. The van der Waals surface area contributed by atoms with Gasteiger partial charge in [0, 0.05) is 20.7 Å². The van der Waals surface area contributed by atoms with Gasteiger partial charge in [0.15, 0.2) is 0 Å². The summed E-state index contributed by atoms with van der Waals surface area (Å²) in [4.78, 5) is 1.60. The third kappa shape index (κ3) is 4.12. The average Bonchev–Trinajstić information content (AvgIpc) is 2.74. The van der Waals surface area contributed by atoms with Crippen molar-refractivity contribution in [2.45, 2.75) is 21.6 Å². The molecule has 0 atom stereocenters. The van der Waals surface area contributed by atoms with Crippen LogP contribution in [0.4, 0.5) is 5.69 Å². The van der Waals surface area contributed by atoms with Gasteiger partial charge < -0.3 is 5.11 Å². The lowest BCUT2D eigenvalue weighted by atomic mass is 10.1. The largest absolute Gasteiger partial charge is 0.506 e. The van der Waals surface area contributed by atoms with Gasteiger partial charge in [0.25, 0.3) is 10.0 Å². The van der Waals surface area contributed by atoms with E-state index < -0.39 is 10.0 Å². The fourth-order valence-electron chi connectivity index (χ4n) is 3.18. The van der Waals surface area contributed by atoms with E-state index in [0.29, 0.717) is 31.9 Å². The quantitative estimate of drug-likeness (QED) is 0.339. The molecule has 4 aromatic carbocycles. The minimum Gasteiger partial charge on any atom is -0.506 e. The van der Waals surface area contributed by atoms with Crippen LogP contribution in [0, 0.1) is 6.92 Å². The minimum atomic E-state index is -3.89. The first-order valence-electron chi connectivity index (χ1n) is 9.12. The van der Waals surface area contributed by atoms with Gasteiger partial charge in [-0.1, -0.05) is 71.9 Å². The van der Waals surface area contributed by atoms with Gasteiger partial charge in [-0.15, -0.1) is 0 Å². The molecular formula is C23H18ClNO3S2. The Kier molecular flexibility index (Phi) is 5.64. The maximum absolute atomic E-state index is 13.1. The summed E-state index contributed by atoms with van der Waals surface area (Å²) in [5.74, 6) is 0.112. The Balaban J connectivity index is 1.84. The molecule has 0 aliphatic carbocycles. The summed E-state index contributed by atoms with van der Waals surface area (Å²) < 4.78 is 29.0. The van der Waals surface area contributed by atoms with Crippen LogP contribution in [0.1, 0.15) is 5.56 Å². The number of hydrogen-bond donors (Lipinski definition) is 2. The van der Waals surface area contributed by atoms with Crippen molar-refractivity contribution in [2.24, 2.45) is 0 Å². The number of anilines is 1. The molecule has 0 heterocycles. The normalized spacial score (nSPS) is 11.5. The van der Waals surface area contributed by atoms with Gasteiger partial charge in [-0.05, 0) is 42.8 Å². The molecule has 7 heteroatoms. The second-order valence-corrected chi connectivity index (χ2v) is 9.95. The lowest BCUT2D eigenvalue weighted by molar-refractivity contribution is 0.469. The fraction of sp³-hybridized carbons (Fsp3) is 0.0435. The van der Waals surface area contributed by atoms with Crippen molar-refractivity contribution in [1.29, 1.82) is 0 Å². The molecule has 0 radical (unpaired) electrons. The lowest BCUT2D eigenvalue weighted by Gasteiger charge is -2.16. The zero-order valence-electron chi connectivity index (χ0n) is 16.0. The Bertz CT molecular complexity index is 1340. The van der Waals surface area contributed by atoms with Crippen molar-refractivity contribution in [3.8, 4) is 5.75 Å². The van der Waals surface area contributed by atoms with Crippen LogP contribution in [-0.2, 0) is 10.0 Å². The van der Waals surface area contributed by atoms with E-state index in [1.54, 1.807) is 49.4 Å². The molecule has 2 N–H and O–H groups in total. The maximum Gasteiger partial charge on any atom is 0.262 e. The number of phenolic OH excluding ortho intramolecular Hbond substituents is 1. The van der Waals surface area contributed by atoms with E-state index in [9.17, 15) is 13.5 Å². The smallest absolute Gasteiger partial charge is 0.262 e. The highest BCUT2D eigenvalue weighted by Crippen LogP contribution is 2.43. The van der Waals surface area contributed by atoms with Crippen molar-refractivity contribution in [1.82, 2.24) is 0 Å². The molecule has 0 bridgehead atoms. The van der Waals surface area contributed by atoms with Crippen LogP contribution in [0.15, 0.2) is 93.5 Å². The SMILES string of the molecule is Cc1ccc(Cl)cc1S(=O)(=O)Nc1cc(Sc2ccccc2)c(O)c2ccccc12. The van der Waals surface area contributed by atoms with E-state index in [4.69, 9.17) is 11.6 Å². The van der Waals surface area contributed by atoms with Crippen molar-refractivity contribution in [2.75, 3.05) is 4.72 Å². The third-order valence-corrected chi connectivity index (χ3v) is 7.42. The molecule has 0 aliphatic rings. The highest BCUT2D eigenvalue weighted by Gasteiger charge is 2.21. The average molecular weight is 456 g/mol. The summed E-state index contributed by atoms with van der Waals surface area (Å²) >= 11 is 7.39. The molecule has 4 aromatic rings. The van der Waals surface area contributed by atoms with Gasteiger partial charge in [-0.25, -0.2) is 8.42 Å². The second kappa shape index (κ2) is 8.22. The molecule has 0 amide bonds. The van der Waals surface area contributed by atoms with Crippen molar-refractivity contribution < 1.29 is 13.5 Å². The summed E-state index contributed by atoms with van der Waals surface area (Å²) in [6.07, 6.45) is 0. The molecule has 4 nitrogen and oxygen atoms in total. The van der Waals surface area contributed by atoms with Crippen LogP contribution in [-0.4, -0.2) is 13.5 Å². The monoisotopic (exact) mass is 455 g/mol. The zero-order chi connectivity index (χ0) is 21.3. The summed E-state index contributed by atoms with van der Waals surface area (Å²) in [6.45, 7) is 1.72. The fourth-order valence-corrected chi connectivity index (χ4v) is 5.69. The molecule has 0 unspecified atom stereocenters. The number of rotatable bonds is 5. The van der Waals surface area contributed by atoms with E-state index in [0.717, 1.165) is 4.90 Å². The topological polar surface area (TPSA) is 66.4 Å². The predicted octanol–water partition coefficient (Wildman–Crippen LogP) is 6.46. The van der Waals surface area contributed by atoms with E-state index in [-0.39, 0.29) is 10.6 Å². The summed E-state index contributed by atoms with van der Waals surface area (Å²) in [6, 6.07) is 23.1. The third-order valence-electron chi connectivity index (χ3n) is 4.64. The van der Waals surface area contributed by atoms with Crippen LogP contribution in [0.3, 0.4) is 0 Å². The van der Waals surface area contributed by atoms with Crippen molar-refractivity contribution in [3.63, 3.8) is 0 Å². The molecule has 30 heavy (non-hydrogen) atoms. The Labute approximate surface area is 184 Å². The Morgan fingerprint density at radius 2 is 1.57 bits per heavy atom. The number of fused-ring (bicyclic) bond motifs is 1. The van der Waals surface area contributed by atoms with Crippen LogP contribution in [0.2, 0.25) is 5.02 Å². The van der Waals surface area contributed by atoms with E-state index in [1.807, 2.05) is 30.3 Å². The Hall–Kier alpha value is -2.67. The summed E-state index contributed by atoms with van der Waals surface area (Å²) in [7, 11) is -3.89. The van der Waals surface area contributed by atoms with Gasteiger partial charge in [-0.3, -0.25) is 4.72 Å². The highest BCUT2D eigenvalue weighted by atomic mass is 35.5. The zero-order valence-corrected chi connectivity index (χ0v) is 18.4. The summed E-state index contributed by atoms with van der Waals surface area (Å²) in [5.41, 5.74) is 0.982. The van der Waals surface area contributed by atoms with Crippen LogP contribution in [0.5, 0.6) is 5.75 Å². The molecule has 0 aromatic heterocycles. The Morgan fingerprint density at radius 1 is 0.900 bits per heavy atom. The second-order valence-electron chi connectivity index (χ2n) is 6.75. The van der Waals surface area contributed by atoms with Gasteiger partial charge in [0.1, 0.15) is 5.75 Å². The molecular weight excluding hydrogens is 438 g/mol. The molecule has 0 aliphatic heterocycles. The highest BCUT2D eigenvalue weighted by molar-refractivity contribution is 7.99. The first kappa shape index (κ1) is 20.6. The number of nitrogens with one attached hydrogen (secondary N) is 1. The molecule has 0 saturated carbocycles. The number of hydrogen-bond acceptors (Lipinski definition) is 4. The molecule has 0 fully saturated rings. The van der Waals surface area contributed by atoms with Crippen LogP contribution >= 0.6 is 23.4 Å². The first-order chi connectivity index (χ1) is 14.3. The van der Waals surface area contributed by atoms with Crippen LogP contribution < -0.4 is 4.72 Å². The number of benzene rings is 4. The number of sulfonamides is 1. The van der Waals surface area contributed by atoms with Crippen LogP contribution in [0.25, 0.3) is 10.8 Å². The Morgan fingerprint density at radius 3 is 2.30 bits per heavy atom.